The van der Waals surface area contributed by atoms with Crippen LogP contribution in [0, 0.1) is 3.57 Å². The number of hydrogen-bond donors (Lipinski definition) is 1. The number of piperazine rings is 1. The van der Waals surface area contributed by atoms with E-state index < -0.39 is 0 Å². The molecule has 2 aromatic rings. The lowest BCUT2D eigenvalue weighted by molar-refractivity contribution is 0.0613. The summed E-state index contributed by atoms with van der Waals surface area (Å²) in [5.41, 5.74) is 0.588. The minimum atomic E-state index is 0.0320. The van der Waals surface area contributed by atoms with Crippen LogP contribution in [-0.4, -0.2) is 52.1 Å². The van der Waals surface area contributed by atoms with Crippen molar-refractivity contribution in [2.75, 3.05) is 26.2 Å². The number of hydrogen-bond acceptors (Lipinski definition) is 4. The van der Waals surface area contributed by atoms with Crippen molar-refractivity contribution >= 4 is 28.5 Å². The third-order valence-electron chi connectivity index (χ3n) is 3.43. The van der Waals surface area contributed by atoms with Crippen LogP contribution in [0.15, 0.2) is 29.0 Å². The Hall–Kier alpha value is -1.35. The molecule has 1 aliphatic heterocycles. The number of furan rings is 1. The summed E-state index contributed by atoms with van der Waals surface area (Å²) in [5.74, 6) is 0.998. The number of halogens is 1. The maximum atomic E-state index is 12.3. The quantitative estimate of drug-likeness (QED) is 0.814. The highest BCUT2D eigenvalue weighted by atomic mass is 127. The minimum Gasteiger partial charge on any atom is -0.468 e. The minimum absolute atomic E-state index is 0.0320. The molecular weight excluding hydrogens is 371 g/mol. The average molecular weight is 386 g/mol. The Labute approximate surface area is 130 Å². The Morgan fingerprint density at radius 3 is 2.80 bits per heavy atom. The number of nitrogens with one attached hydrogen (secondary N) is 1. The van der Waals surface area contributed by atoms with Crippen LogP contribution in [0.4, 0.5) is 0 Å². The summed E-state index contributed by atoms with van der Waals surface area (Å²) in [4.78, 5) is 16.5. The summed E-state index contributed by atoms with van der Waals surface area (Å²) in [6.45, 7) is 3.98. The standard InChI is InChI=1S/C13H15IN4O2/c14-11-8-15-16-12(11)13(19)18-5-3-17(4-6-18)9-10-2-1-7-20-10/h1-2,7-8H,3-6,9H2,(H,15,16). The lowest BCUT2D eigenvalue weighted by Crippen LogP contribution is -2.48. The first-order valence-electron chi connectivity index (χ1n) is 6.47. The summed E-state index contributed by atoms with van der Waals surface area (Å²) in [5, 5.41) is 6.67. The highest BCUT2D eigenvalue weighted by Gasteiger charge is 2.24. The molecule has 1 fully saturated rings. The Kier molecular flexibility index (Phi) is 4.06. The van der Waals surface area contributed by atoms with Crippen molar-refractivity contribution in [3.63, 3.8) is 0 Å². The number of aromatic nitrogens is 2. The van der Waals surface area contributed by atoms with Gasteiger partial charge in [0.15, 0.2) is 0 Å². The van der Waals surface area contributed by atoms with E-state index >= 15 is 0 Å². The SMILES string of the molecule is O=C(c1[nH]ncc1I)N1CCN(Cc2ccco2)CC1. The van der Waals surface area contributed by atoms with Crippen LogP contribution in [0.5, 0.6) is 0 Å². The van der Waals surface area contributed by atoms with Gasteiger partial charge in [0.1, 0.15) is 11.5 Å². The van der Waals surface area contributed by atoms with Crippen LogP contribution in [0.2, 0.25) is 0 Å². The molecule has 1 amide bonds. The van der Waals surface area contributed by atoms with Gasteiger partial charge in [-0.15, -0.1) is 0 Å². The molecule has 0 saturated carbocycles. The van der Waals surface area contributed by atoms with Crippen molar-refractivity contribution in [1.29, 1.82) is 0 Å². The van der Waals surface area contributed by atoms with Crippen molar-refractivity contribution < 1.29 is 9.21 Å². The van der Waals surface area contributed by atoms with Crippen LogP contribution in [-0.2, 0) is 6.54 Å². The van der Waals surface area contributed by atoms with Gasteiger partial charge in [-0.1, -0.05) is 0 Å². The first-order valence-corrected chi connectivity index (χ1v) is 7.55. The van der Waals surface area contributed by atoms with Gasteiger partial charge in [-0.05, 0) is 34.7 Å². The molecule has 1 saturated heterocycles. The van der Waals surface area contributed by atoms with Crippen molar-refractivity contribution in [3.8, 4) is 0 Å². The fraction of sp³-hybridized carbons (Fsp3) is 0.385. The molecule has 0 unspecified atom stereocenters. The number of H-pyrrole nitrogens is 1. The zero-order chi connectivity index (χ0) is 13.9. The third-order valence-corrected chi connectivity index (χ3v) is 4.24. The van der Waals surface area contributed by atoms with E-state index in [1.807, 2.05) is 17.0 Å². The van der Waals surface area contributed by atoms with Gasteiger partial charge in [-0.25, -0.2) is 0 Å². The number of carbonyl (C=O) groups is 1. The molecule has 106 valence electrons. The second kappa shape index (κ2) is 5.96. The van der Waals surface area contributed by atoms with Crippen LogP contribution in [0.25, 0.3) is 0 Å². The van der Waals surface area contributed by atoms with Crippen LogP contribution >= 0.6 is 22.6 Å². The molecule has 20 heavy (non-hydrogen) atoms. The lowest BCUT2D eigenvalue weighted by atomic mass is 10.2. The highest BCUT2D eigenvalue weighted by molar-refractivity contribution is 14.1. The Balaban J connectivity index is 1.56. The van der Waals surface area contributed by atoms with E-state index in [-0.39, 0.29) is 5.91 Å². The molecule has 6 nitrogen and oxygen atoms in total. The van der Waals surface area contributed by atoms with E-state index in [0.29, 0.717) is 5.69 Å². The molecule has 1 N–H and O–H groups in total. The predicted octanol–water partition coefficient (Wildman–Crippen LogP) is 1.57. The van der Waals surface area contributed by atoms with Gasteiger partial charge in [0.25, 0.3) is 5.91 Å². The first-order chi connectivity index (χ1) is 9.74. The van der Waals surface area contributed by atoms with E-state index in [0.717, 1.165) is 42.1 Å². The molecule has 0 bridgehead atoms. The molecule has 0 aliphatic carbocycles. The zero-order valence-corrected chi connectivity index (χ0v) is 13.0. The number of carbonyl (C=O) groups excluding carboxylic acids is 1. The van der Waals surface area contributed by atoms with Gasteiger partial charge < -0.3 is 9.32 Å². The third kappa shape index (κ3) is 2.88. The fourth-order valence-corrected chi connectivity index (χ4v) is 2.80. The highest BCUT2D eigenvalue weighted by Crippen LogP contribution is 2.14. The monoisotopic (exact) mass is 386 g/mol. The first kappa shape index (κ1) is 13.6. The van der Waals surface area contributed by atoms with Crippen molar-refractivity contribution in [1.82, 2.24) is 20.0 Å². The molecule has 0 spiro atoms. The molecule has 0 atom stereocenters. The summed E-state index contributed by atoms with van der Waals surface area (Å²) in [6, 6.07) is 3.87. The summed E-state index contributed by atoms with van der Waals surface area (Å²) < 4.78 is 6.22. The number of nitrogens with zero attached hydrogens (tertiary/aromatic N) is 3. The van der Waals surface area contributed by atoms with E-state index in [4.69, 9.17) is 4.42 Å². The smallest absolute Gasteiger partial charge is 0.273 e. The van der Waals surface area contributed by atoms with Crippen LogP contribution in [0.3, 0.4) is 0 Å². The van der Waals surface area contributed by atoms with Gasteiger partial charge >= 0.3 is 0 Å². The van der Waals surface area contributed by atoms with Crippen molar-refractivity contribution in [2.45, 2.75) is 6.54 Å². The Morgan fingerprint density at radius 2 is 2.20 bits per heavy atom. The van der Waals surface area contributed by atoms with E-state index in [2.05, 4.69) is 37.7 Å². The van der Waals surface area contributed by atoms with Crippen molar-refractivity contribution in [3.05, 3.63) is 39.6 Å². The largest absolute Gasteiger partial charge is 0.468 e. The zero-order valence-electron chi connectivity index (χ0n) is 10.9. The molecule has 1 aliphatic rings. The molecule has 0 radical (unpaired) electrons. The Morgan fingerprint density at radius 1 is 1.40 bits per heavy atom. The summed E-state index contributed by atoms with van der Waals surface area (Å²) in [6.07, 6.45) is 3.36. The normalized spacial score (nSPS) is 16.6. The number of aromatic amines is 1. The molecule has 3 heterocycles. The maximum absolute atomic E-state index is 12.3. The number of amides is 1. The van der Waals surface area contributed by atoms with Gasteiger partial charge in [0.2, 0.25) is 0 Å². The van der Waals surface area contributed by atoms with Crippen LogP contribution in [0.1, 0.15) is 16.2 Å². The van der Waals surface area contributed by atoms with Gasteiger partial charge in [-0.3, -0.25) is 14.8 Å². The molecular formula is C13H15IN4O2. The van der Waals surface area contributed by atoms with Gasteiger partial charge in [0, 0.05) is 26.2 Å². The maximum Gasteiger partial charge on any atom is 0.273 e. The topological polar surface area (TPSA) is 65.4 Å². The van der Waals surface area contributed by atoms with E-state index in [9.17, 15) is 4.79 Å². The average Bonchev–Trinajstić information content (AvgIpc) is 3.10. The number of rotatable bonds is 3. The van der Waals surface area contributed by atoms with Crippen molar-refractivity contribution in [2.24, 2.45) is 0 Å². The lowest BCUT2D eigenvalue weighted by Gasteiger charge is -2.34. The Bertz CT molecular complexity index is 573. The molecule has 3 rings (SSSR count). The summed E-state index contributed by atoms with van der Waals surface area (Å²) >= 11 is 2.12. The summed E-state index contributed by atoms with van der Waals surface area (Å²) in [7, 11) is 0. The second-order valence-electron chi connectivity index (χ2n) is 4.74. The molecule has 0 aromatic carbocycles. The second-order valence-corrected chi connectivity index (χ2v) is 5.90. The molecule has 2 aromatic heterocycles. The fourth-order valence-electron chi connectivity index (χ4n) is 2.31. The molecule has 7 heteroatoms. The van der Waals surface area contributed by atoms with E-state index in [1.54, 1.807) is 12.5 Å². The van der Waals surface area contributed by atoms with Gasteiger partial charge in [0.05, 0.1) is 22.6 Å². The van der Waals surface area contributed by atoms with Crippen LogP contribution < -0.4 is 0 Å². The van der Waals surface area contributed by atoms with Gasteiger partial charge in [-0.2, -0.15) is 5.10 Å². The predicted molar refractivity (Wildman–Crippen MR) is 81.2 cm³/mol. The van der Waals surface area contributed by atoms with E-state index in [1.165, 1.54) is 0 Å².